The van der Waals surface area contributed by atoms with Gasteiger partial charge < -0.3 is 15.7 Å². The molecule has 0 heterocycles. The first-order valence-corrected chi connectivity index (χ1v) is 7.14. The minimum Gasteiger partial charge on any atom is -0.507 e. The van der Waals surface area contributed by atoms with Gasteiger partial charge in [-0.2, -0.15) is 0 Å². The first-order valence-electron chi connectivity index (χ1n) is 7.14. The molecule has 0 bridgehead atoms. The Labute approximate surface area is 136 Å². The van der Waals surface area contributed by atoms with Crippen LogP contribution in [0.1, 0.15) is 0 Å². The van der Waals surface area contributed by atoms with Gasteiger partial charge in [0.2, 0.25) is 0 Å². The molecule has 0 aliphatic heterocycles. The molecule has 0 atom stereocenters. The lowest BCUT2D eigenvalue weighted by molar-refractivity contribution is -0.133. The van der Waals surface area contributed by atoms with Crippen molar-refractivity contribution in [3.8, 4) is 5.75 Å². The van der Waals surface area contributed by atoms with E-state index in [1.807, 2.05) is 0 Å². The molecule has 0 spiro atoms. The predicted octanol–water partition coefficient (Wildman–Crippen LogP) is 3.26. The number of fused-ring (bicyclic) bond motifs is 1. The quantitative estimate of drug-likeness (QED) is 0.633. The highest BCUT2D eigenvalue weighted by Crippen LogP contribution is 2.29. The van der Waals surface area contributed by atoms with Crippen molar-refractivity contribution in [2.75, 3.05) is 10.6 Å². The van der Waals surface area contributed by atoms with Gasteiger partial charge in [0.1, 0.15) is 11.6 Å². The van der Waals surface area contributed by atoms with E-state index in [2.05, 4.69) is 10.6 Å². The molecule has 0 unspecified atom stereocenters. The molecule has 24 heavy (non-hydrogen) atoms. The number of phenols is 1. The van der Waals surface area contributed by atoms with Crippen molar-refractivity contribution < 1.29 is 19.1 Å². The maximum absolute atomic E-state index is 13.5. The second-order valence-corrected chi connectivity index (χ2v) is 5.07. The molecule has 3 rings (SSSR count). The van der Waals surface area contributed by atoms with Crippen LogP contribution in [0.5, 0.6) is 5.75 Å². The largest absolute Gasteiger partial charge is 0.507 e. The highest BCUT2D eigenvalue weighted by Gasteiger charge is 2.17. The minimum atomic E-state index is -0.989. The Hall–Kier alpha value is -3.41. The molecule has 0 aliphatic carbocycles. The van der Waals surface area contributed by atoms with Crippen molar-refractivity contribution in [2.24, 2.45) is 0 Å². The van der Waals surface area contributed by atoms with Crippen molar-refractivity contribution in [1.82, 2.24) is 0 Å². The third kappa shape index (κ3) is 3.03. The summed E-state index contributed by atoms with van der Waals surface area (Å²) in [4.78, 5) is 24.0. The molecule has 3 aromatic rings. The Morgan fingerprint density at radius 2 is 1.33 bits per heavy atom. The fourth-order valence-corrected chi connectivity index (χ4v) is 2.32. The Balaban J connectivity index is 1.81. The van der Waals surface area contributed by atoms with Crippen LogP contribution in [0.3, 0.4) is 0 Å². The summed E-state index contributed by atoms with van der Waals surface area (Å²) < 4.78 is 13.5. The van der Waals surface area contributed by atoms with Crippen LogP contribution in [0.25, 0.3) is 10.8 Å². The summed E-state index contributed by atoms with van der Waals surface area (Å²) in [7, 11) is 0. The fourth-order valence-electron chi connectivity index (χ4n) is 2.32. The van der Waals surface area contributed by atoms with Gasteiger partial charge in [0, 0.05) is 16.5 Å². The first kappa shape index (κ1) is 15.5. The SMILES string of the molecule is O=C(Nc1ccccc1F)C(=O)Nc1cccc2c(O)cccc12. The van der Waals surface area contributed by atoms with Crippen LogP contribution in [0.4, 0.5) is 15.8 Å². The number of amides is 2. The van der Waals surface area contributed by atoms with E-state index in [0.717, 1.165) is 0 Å². The van der Waals surface area contributed by atoms with Crippen molar-refractivity contribution in [2.45, 2.75) is 0 Å². The van der Waals surface area contributed by atoms with Crippen molar-refractivity contribution >= 4 is 34.0 Å². The smallest absolute Gasteiger partial charge is 0.314 e. The second kappa shape index (κ2) is 6.37. The van der Waals surface area contributed by atoms with E-state index < -0.39 is 17.6 Å². The number of rotatable bonds is 2. The summed E-state index contributed by atoms with van der Waals surface area (Å²) in [6.45, 7) is 0. The molecule has 5 nitrogen and oxygen atoms in total. The molecule has 3 aromatic carbocycles. The molecular formula is C18H13FN2O3. The zero-order chi connectivity index (χ0) is 17.1. The van der Waals surface area contributed by atoms with Gasteiger partial charge in [-0.25, -0.2) is 4.39 Å². The Bertz CT molecular complexity index is 940. The fraction of sp³-hybridized carbons (Fsp3) is 0. The van der Waals surface area contributed by atoms with Crippen molar-refractivity contribution in [3.05, 3.63) is 66.5 Å². The maximum Gasteiger partial charge on any atom is 0.314 e. The first-order chi connectivity index (χ1) is 11.6. The third-order valence-corrected chi connectivity index (χ3v) is 3.48. The van der Waals surface area contributed by atoms with E-state index in [1.54, 1.807) is 36.4 Å². The lowest BCUT2D eigenvalue weighted by Crippen LogP contribution is -2.29. The number of aromatic hydroxyl groups is 1. The van der Waals surface area contributed by atoms with E-state index in [-0.39, 0.29) is 11.4 Å². The predicted molar refractivity (Wildman–Crippen MR) is 89.3 cm³/mol. The molecule has 0 saturated heterocycles. The molecule has 0 radical (unpaired) electrons. The monoisotopic (exact) mass is 324 g/mol. The van der Waals surface area contributed by atoms with Gasteiger partial charge in [0.25, 0.3) is 0 Å². The average Bonchev–Trinajstić information content (AvgIpc) is 2.58. The summed E-state index contributed by atoms with van der Waals surface area (Å²) in [5.41, 5.74) is 0.297. The lowest BCUT2D eigenvalue weighted by Gasteiger charge is -2.10. The van der Waals surface area contributed by atoms with Crippen LogP contribution >= 0.6 is 0 Å². The summed E-state index contributed by atoms with van der Waals surface area (Å²) >= 11 is 0. The van der Waals surface area contributed by atoms with Crippen LogP contribution in [-0.2, 0) is 9.59 Å². The van der Waals surface area contributed by atoms with E-state index in [9.17, 15) is 19.1 Å². The Morgan fingerprint density at radius 1 is 0.750 bits per heavy atom. The van der Waals surface area contributed by atoms with Gasteiger partial charge in [-0.15, -0.1) is 0 Å². The lowest BCUT2D eigenvalue weighted by atomic mass is 10.1. The number of benzene rings is 3. The summed E-state index contributed by atoms with van der Waals surface area (Å²) in [6, 6.07) is 15.4. The Morgan fingerprint density at radius 3 is 2.08 bits per heavy atom. The normalized spacial score (nSPS) is 10.4. The van der Waals surface area contributed by atoms with E-state index in [1.165, 1.54) is 24.3 Å². The second-order valence-electron chi connectivity index (χ2n) is 5.07. The standard InChI is InChI=1S/C18H13FN2O3/c19-13-7-1-2-8-15(13)21-18(24)17(23)20-14-9-3-6-12-11(14)5-4-10-16(12)22/h1-10,22H,(H,20,23)(H,21,24). The topological polar surface area (TPSA) is 78.4 Å². The number of carbonyl (C=O) groups is 2. The average molecular weight is 324 g/mol. The number of anilines is 2. The number of phenolic OH excluding ortho intramolecular Hbond substituents is 1. The number of hydrogen-bond acceptors (Lipinski definition) is 3. The van der Waals surface area contributed by atoms with Crippen LogP contribution < -0.4 is 10.6 Å². The molecule has 3 N–H and O–H groups in total. The molecule has 2 amide bonds. The number of para-hydroxylation sites is 1. The molecule has 0 aromatic heterocycles. The van der Waals surface area contributed by atoms with Gasteiger partial charge in [0.05, 0.1) is 5.69 Å². The molecule has 0 fully saturated rings. The molecule has 0 saturated carbocycles. The Kier molecular flexibility index (Phi) is 4.11. The van der Waals surface area contributed by atoms with Crippen LogP contribution in [0.2, 0.25) is 0 Å². The zero-order valence-corrected chi connectivity index (χ0v) is 12.4. The van der Waals surface area contributed by atoms with Crippen molar-refractivity contribution in [1.29, 1.82) is 0 Å². The van der Waals surface area contributed by atoms with Gasteiger partial charge >= 0.3 is 11.8 Å². The van der Waals surface area contributed by atoms with Crippen LogP contribution in [-0.4, -0.2) is 16.9 Å². The molecular weight excluding hydrogens is 311 g/mol. The van der Waals surface area contributed by atoms with Gasteiger partial charge in [-0.05, 0) is 24.3 Å². The minimum absolute atomic E-state index is 0.0689. The molecule has 0 aliphatic rings. The van der Waals surface area contributed by atoms with Gasteiger partial charge in [-0.1, -0.05) is 36.4 Å². The van der Waals surface area contributed by atoms with E-state index >= 15 is 0 Å². The van der Waals surface area contributed by atoms with Gasteiger partial charge in [0.15, 0.2) is 0 Å². The van der Waals surface area contributed by atoms with Crippen LogP contribution in [0, 0.1) is 5.82 Å². The summed E-state index contributed by atoms with van der Waals surface area (Å²) in [5, 5.41) is 15.6. The summed E-state index contributed by atoms with van der Waals surface area (Å²) in [5.74, 6) is -2.49. The highest BCUT2D eigenvalue weighted by atomic mass is 19.1. The molecule has 120 valence electrons. The van der Waals surface area contributed by atoms with Crippen molar-refractivity contribution in [3.63, 3.8) is 0 Å². The third-order valence-electron chi connectivity index (χ3n) is 3.48. The number of nitrogens with one attached hydrogen (secondary N) is 2. The zero-order valence-electron chi connectivity index (χ0n) is 12.4. The maximum atomic E-state index is 13.5. The van der Waals surface area contributed by atoms with E-state index in [0.29, 0.717) is 16.5 Å². The highest BCUT2D eigenvalue weighted by molar-refractivity contribution is 6.44. The number of halogens is 1. The summed E-state index contributed by atoms with van der Waals surface area (Å²) in [6.07, 6.45) is 0. The van der Waals surface area contributed by atoms with E-state index in [4.69, 9.17) is 0 Å². The number of carbonyl (C=O) groups excluding carboxylic acids is 2. The molecule has 6 heteroatoms. The number of hydrogen-bond donors (Lipinski definition) is 3. The van der Waals surface area contributed by atoms with Crippen LogP contribution in [0.15, 0.2) is 60.7 Å². The van der Waals surface area contributed by atoms with Gasteiger partial charge in [-0.3, -0.25) is 9.59 Å².